The third-order valence-corrected chi connectivity index (χ3v) is 3.72. The van der Waals surface area contributed by atoms with Crippen molar-refractivity contribution in [1.29, 1.82) is 0 Å². The van der Waals surface area contributed by atoms with Crippen molar-refractivity contribution < 1.29 is 0 Å². The lowest BCUT2D eigenvalue weighted by Gasteiger charge is -2.29. The molecule has 0 bridgehead atoms. The van der Waals surface area contributed by atoms with Gasteiger partial charge in [-0.1, -0.05) is 20.8 Å². The minimum atomic E-state index is 0.529. The van der Waals surface area contributed by atoms with Gasteiger partial charge >= 0.3 is 0 Å². The van der Waals surface area contributed by atoms with Gasteiger partial charge in [-0.05, 0) is 19.3 Å². The monoisotopic (exact) mass is 256 g/mol. The van der Waals surface area contributed by atoms with Crippen molar-refractivity contribution in [3.05, 3.63) is 5.82 Å². The van der Waals surface area contributed by atoms with E-state index in [-0.39, 0.29) is 0 Å². The average Bonchev–Trinajstić information content (AvgIpc) is 2.78. The number of rotatable bonds is 8. The number of nitrogens with two attached hydrogens (primary N) is 1. The summed E-state index contributed by atoms with van der Waals surface area (Å²) in [6, 6.07) is 0.529. The zero-order valence-corrected chi connectivity index (χ0v) is 12.0. The molecule has 0 aliphatic rings. The first kappa shape index (κ1) is 14.4. The van der Waals surface area contributed by atoms with E-state index in [1.54, 1.807) is 0 Å². The lowest BCUT2D eigenvalue weighted by atomic mass is 10.1. The first-order chi connectivity index (χ1) is 8.26. The smallest absolute Gasteiger partial charge is 0.205 e. The maximum atomic E-state index is 5.69. The van der Waals surface area contributed by atoms with Crippen molar-refractivity contribution in [3.63, 3.8) is 0 Å². The fourth-order valence-corrected chi connectivity index (χ4v) is 2.80. The Morgan fingerprint density at radius 1 is 1.29 bits per heavy atom. The largest absolute Gasteiger partial charge is 0.343 e. The molecule has 1 aromatic rings. The molecule has 0 aliphatic heterocycles. The van der Waals surface area contributed by atoms with E-state index in [2.05, 4.69) is 35.0 Å². The Hall–Kier alpha value is -0.680. The fourth-order valence-electron chi connectivity index (χ4n) is 1.99. The molecule has 5 heteroatoms. The van der Waals surface area contributed by atoms with E-state index in [9.17, 15) is 0 Å². The molecular weight excluding hydrogens is 232 g/mol. The highest BCUT2D eigenvalue weighted by Gasteiger charge is 2.18. The first-order valence-electron chi connectivity index (χ1n) is 6.56. The Kier molecular flexibility index (Phi) is 6.44. The molecule has 0 aliphatic carbocycles. The van der Waals surface area contributed by atoms with Crippen LogP contribution in [-0.2, 0) is 6.42 Å². The summed E-state index contributed by atoms with van der Waals surface area (Å²) in [5, 5.41) is 1.03. The molecule has 1 aromatic heterocycles. The van der Waals surface area contributed by atoms with E-state index < -0.39 is 0 Å². The highest BCUT2D eigenvalue weighted by Crippen LogP contribution is 2.22. The zero-order chi connectivity index (χ0) is 12.7. The quantitative estimate of drug-likeness (QED) is 0.776. The summed E-state index contributed by atoms with van der Waals surface area (Å²) in [4.78, 5) is 6.93. The van der Waals surface area contributed by atoms with Gasteiger partial charge in [0.25, 0.3) is 0 Å². The molecule has 0 atom stereocenters. The van der Waals surface area contributed by atoms with Gasteiger partial charge in [0.1, 0.15) is 5.82 Å². The molecule has 0 radical (unpaired) electrons. The lowest BCUT2D eigenvalue weighted by Crippen LogP contribution is -2.38. The number of aromatic nitrogens is 2. The highest BCUT2D eigenvalue weighted by atomic mass is 32.1. The Morgan fingerprint density at radius 3 is 2.53 bits per heavy atom. The van der Waals surface area contributed by atoms with Gasteiger partial charge in [0.05, 0.1) is 0 Å². The summed E-state index contributed by atoms with van der Waals surface area (Å²) in [7, 11) is 0. The van der Waals surface area contributed by atoms with Gasteiger partial charge in [-0.3, -0.25) is 0 Å². The molecule has 1 rings (SSSR count). The number of aryl methyl sites for hydroxylation is 1. The predicted molar refractivity (Wildman–Crippen MR) is 74.7 cm³/mol. The van der Waals surface area contributed by atoms with E-state index in [1.165, 1.54) is 11.5 Å². The van der Waals surface area contributed by atoms with E-state index >= 15 is 0 Å². The molecular formula is C12H24N4S. The Balaban J connectivity index is 2.80. The fraction of sp³-hybridized carbons (Fsp3) is 0.833. The number of hydrogen-bond donors (Lipinski definition) is 1. The second-order valence-corrected chi connectivity index (χ2v) is 4.93. The summed E-state index contributed by atoms with van der Waals surface area (Å²) >= 11 is 1.51. The molecule has 0 saturated heterocycles. The maximum absolute atomic E-state index is 5.69. The van der Waals surface area contributed by atoms with Gasteiger partial charge in [-0.2, -0.15) is 4.37 Å². The van der Waals surface area contributed by atoms with Gasteiger partial charge in [0.15, 0.2) is 0 Å². The average molecular weight is 256 g/mol. The summed E-state index contributed by atoms with van der Waals surface area (Å²) in [5.74, 6) is 0.973. The molecule has 98 valence electrons. The summed E-state index contributed by atoms with van der Waals surface area (Å²) in [6.07, 6.45) is 4.31. The van der Waals surface area contributed by atoms with Crippen molar-refractivity contribution in [2.45, 2.75) is 52.5 Å². The minimum absolute atomic E-state index is 0.529. The topological polar surface area (TPSA) is 55.0 Å². The van der Waals surface area contributed by atoms with Gasteiger partial charge in [-0.25, -0.2) is 4.98 Å². The maximum Gasteiger partial charge on any atom is 0.205 e. The lowest BCUT2D eigenvalue weighted by molar-refractivity contribution is 0.557. The van der Waals surface area contributed by atoms with Gasteiger partial charge in [0.2, 0.25) is 5.13 Å². The summed E-state index contributed by atoms with van der Waals surface area (Å²) in [6.45, 7) is 8.11. The normalized spacial score (nSPS) is 11.1. The molecule has 0 amide bonds. The van der Waals surface area contributed by atoms with Crippen LogP contribution >= 0.6 is 11.5 Å². The van der Waals surface area contributed by atoms with Crippen LogP contribution in [0.4, 0.5) is 5.13 Å². The molecule has 0 unspecified atom stereocenters. The van der Waals surface area contributed by atoms with Crippen molar-refractivity contribution in [1.82, 2.24) is 9.36 Å². The molecule has 2 N–H and O–H groups in total. The number of hydrogen-bond acceptors (Lipinski definition) is 5. The minimum Gasteiger partial charge on any atom is -0.343 e. The molecule has 0 saturated carbocycles. The standard InChI is InChI=1S/C12H24N4S/c1-4-7-11-14-12(17-15-11)16(9-8-13)10(5-2)6-3/h10H,4-9,13H2,1-3H3. The van der Waals surface area contributed by atoms with Gasteiger partial charge < -0.3 is 10.6 Å². The Bertz CT molecular complexity index is 309. The van der Waals surface area contributed by atoms with Crippen LogP contribution in [0, 0.1) is 0 Å². The van der Waals surface area contributed by atoms with E-state index in [1.807, 2.05) is 0 Å². The van der Waals surface area contributed by atoms with E-state index in [0.29, 0.717) is 12.6 Å². The van der Waals surface area contributed by atoms with Crippen molar-refractivity contribution in [2.75, 3.05) is 18.0 Å². The van der Waals surface area contributed by atoms with Crippen LogP contribution < -0.4 is 10.6 Å². The molecule has 17 heavy (non-hydrogen) atoms. The highest BCUT2D eigenvalue weighted by molar-refractivity contribution is 7.09. The van der Waals surface area contributed by atoms with Crippen molar-refractivity contribution in [3.8, 4) is 0 Å². The molecule has 1 heterocycles. The second-order valence-electron chi connectivity index (χ2n) is 4.20. The third-order valence-electron chi connectivity index (χ3n) is 2.93. The van der Waals surface area contributed by atoms with Crippen LogP contribution in [-0.4, -0.2) is 28.5 Å². The molecule has 0 spiro atoms. The van der Waals surface area contributed by atoms with Crippen LogP contribution in [0.25, 0.3) is 0 Å². The van der Waals surface area contributed by atoms with Crippen LogP contribution in [0.15, 0.2) is 0 Å². The SMILES string of the molecule is CCCc1nsc(N(CCN)C(CC)CC)n1. The first-order valence-corrected chi connectivity index (χ1v) is 7.33. The third kappa shape index (κ3) is 3.92. The van der Waals surface area contributed by atoms with Crippen molar-refractivity contribution in [2.24, 2.45) is 5.73 Å². The number of nitrogens with zero attached hydrogens (tertiary/aromatic N) is 3. The zero-order valence-electron chi connectivity index (χ0n) is 11.1. The summed E-state index contributed by atoms with van der Waals surface area (Å²) in [5.41, 5.74) is 5.69. The van der Waals surface area contributed by atoms with E-state index in [0.717, 1.165) is 43.2 Å². The Labute approximate surface area is 108 Å². The Morgan fingerprint density at radius 2 is 2.00 bits per heavy atom. The van der Waals surface area contributed by atoms with Crippen LogP contribution in [0.3, 0.4) is 0 Å². The molecule has 0 fully saturated rings. The van der Waals surface area contributed by atoms with Crippen molar-refractivity contribution >= 4 is 16.7 Å². The molecule has 0 aromatic carbocycles. The van der Waals surface area contributed by atoms with Crippen LogP contribution in [0.5, 0.6) is 0 Å². The number of anilines is 1. The van der Waals surface area contributed by atoms with Gasteiger partial charge in [0, 0.05) is 37.1 Å². The second kappa shape index (κ2) is 7.61. The predicted octanol–water partition coefficient (Wildman–Crippen LogP) is 2.44. The van der Waals surface area contributed by atoms with E-state index in [4.69, 9.17) is 5.73 Å². The van der Waals surface area contributed by atoms with Gasteiger partial charge in [-0.15, -0.1) is 0 Å². The molecule has 4 nitrogen and oxygen atoms in total. The van der Waals surface area contributed by atoms with Crippen LogP contribution in [0.2, 0.25) is 0 Å². The van der Waals surface area contributed by atoms with Crippen LogP contribution in [0.1, 0.15) is 45.9 Å². The summed E-state index contributed by atoms with van der Waals surface area (Å²) < 4.78 is 4.41.